The van der Waals surface area contributed by atoms with Crippen LogP contribution in [0.4, 0.5) is 0 Å². The minimum absolute atomic E-state index is 0.332. The Morgan fingerprint density at radius 2 is 1.76 bits per heavy atom. The van der Waals surface area contributed by atoms with Crippen LogP contribution in [0, 0.1) is 0 Å². The third-order valence-corrected chi connectivity index (χ3v) is 4.08. The minimum atomic E-state index is 0.332. The Balaban J connectivity index is 2.33. The number of ether oxygens (including phenoxy) is 1. The molecule has 0 heterocycles. The number of hydrogen-bond donors (Lipinski definition) is 1. The predicted octanol–water partition coefficient (Wildman–Crippen LogP) is 5.34. The van der Waals surface area contributed by atoms with E-state index in [0.29, 0.717) is 21.8 Å². The van der Waals surface area contributed by atoms with Crippen molar-refractivity contribution in [3.8, 4) is 16.9 Å². The van der Waals surface area contributed by atoms with Crippen molar-refractivity contribution < 1.29 is 4.74 Å². The monoisotopic (exact) mass is 323 g/mol. The van der Waals surface area contributed by atoms with E-state index in [-0.39, 0.29) is 0 Å². The zero-order valence-corrected chi connectivity index (χ0v) is 13.9. The van der Waals surface area contributed by atoms with E-state index in [1.54, 1.807) is 13.2 Å². The molecule has 0 radical (unpaired) electrons. The second-order valence-electron chi connectivity index (χ2n) is 4.87. The maximum atomic E-state index is 6.32. The smallest absolute Gasteiger partial charge is 0.138 e. The Kier molecular flexibility index (Phi) is 5.51. The molecule has 0 aromatic heterocycles. The summed E-state index contributed by atoms with van der Waals surface area (Å²) in [6, 6.07) is 12.3. The number of methoxy groups -OCH3 is 1. The molecular formula is C17H19Cl2NO. The normalized spacial score (nSPS) is 12.2. The SMILES string of the molecule is CCNC(C)c1ccc(-c2cc(Cl)c(OC)cc2Cl)cc1. The maximum Gasteiger partial charge on any atom is 0.138 e. The Morgan fingerprint density at radius 3 is 2.33 bits per heavy atom. The highest BCUT2D eigenvalue weighted by molar-refractivity contribution is 6.36. The van der Waals surface area contributed by atoms with Crippen LogP contribution in [0.1, 0.15) is 25.5 Å². The van der Waals surface area contributed by atoms with Gasteiger partial charge in [0.25, 0.3) is 0 Å². The number of halogens is 2. The van der Waals surface area contributed by atoms with Gasteiger partial charge < -0.3 is 10.1 Å². The molecule has 1 N–H and O–H groups in total. The topological polar surface area (TPSA) is 21.3 Å². The summed E-state index contributed by atoms with van der Waals surface area (Å²) in [5, 5.41) is 4.58. The molecule has 1 unspecified atom stereocenters. The summed E-state index contributed by atoms with van der Waals surface area (Å²) in [7, 11) is 1.58. The van der Waals surface area contributed by atoms with Gasteiger partial charge in [-0.1, -0.05) is 54.4 Å². The predicted molar refractivity (Wildman–Crippen MR) is 90.5 cm³/mol. The quantitative estimate of drug-likeness (QED) is 0.801. The Morgan fingerprint density at radius 1 is 1.10 bits per heavy atom. The third-order valence-electron chi connectivity index (χ3n) is 3.47. The molecular weight excluding hydrogens is 305 g/mol. The van der Waals surface area contributed by atoms with Gasteiger partial charge in [0.15, 0.2) is 0 Å². The minimum Gasteiger partial charge on any atom is -0.495 e. The molecule has 0 amide bonds. The average molecular weight is 324 g/mol. The first-order valence-corrected chi connectivity index (χ1v) is 7.69. The molecule has 0 saturated heterocycles. The van der Waals surface area contributed by atoms with E-state index in [2.05, 4.69) is 43.4 Å². The fourth-order valence-electron chi connectivity index (χ4n) is 2.28. The second-order valence-corrected chi connectivity index (χ2v) is 5.68. The number of nitrogens with one attached hydrogen (secondary N) is 1. The number of hydrogen-bond acceptors (Lipinski definition) is 2. The van der Waals surface area contributed by atoms with E-state index in [9.17, 15) is 0 Å². The Hall–Kier alpha value is -1.22. The largest absolute Gasteiger partial charge is 0.495 e. The lowest BCUT2D eigenvalue weighted by atomic mass is 10.0. The van der Waals surface area contributed by atoms with Crippen LogP contribution in [-0.4, -0.2) is 13.7 Å². The van der Waals surface area contributed by atoms with Crippen LogP contribution in [0.3, 0.4) is 0 Å². The van der Waals surface area contributed by atoms with Gasteiger partial charge in [-0.05, 0) is 30.7 Å². The highest BCUT2D eigenvalue weighted by Gasteiger charge is 2.10. The molecule has 0 aliphatic carbocycles. The molecule has 2 rings (SSSR count). The second kappa shape index (κ2) is 7.17. The van der Waals surface area contributed by atoms with Crippen molar-refractivity contribution in [2.45, 2.75) is 19.9 Å². The van der Waals surface area contributed by atoms with Gasteiger partial charge in [-0.25, -0.2) is 0 Å². The van der Waals surface area contributed by atoms with Crippen molar-refractivity contribution in [1.29, 1.82) is 0 Å². The fourth-order valence-corrected chi connectivity index (χ4v) is 2.79. The zero-order chi connectivity index (χ0) is 15.4. The van der Waals surface area contributed by atoms with Crippen molar-refractivity contribution in [2.24, 2.45) is 0 Å². The lowest BCUT2D eigenvalue weighted by molar-refractivity contribution is 0.415. The van der Waals surface area contributed by atoms with Gasteiger partial charge in [-0.3, -0.25) is 0 Å². The molecule has 4 heteroatoms. The van der Waals surface area contributed by atoms with Gasteiger partial charge >= 0.3 is 0 Å². The first kappa shape index (κ1) is 16.2. The summed E-state index contributed by atoms with van der Waals surface area (Å²) in [5.74, 6) is 0.586. The van der Waals surface area contributed by atoms with E-state index in [1.807, 2.05) is 6.07 Å². The van der Waals surface area contributed by atoms with Gasteiger partial charge in [-0.2, -0.15) is 0 Å². The standard InChI is InChI=1S/C17H19Cl2NO/c1-4-20-11(2)12-5-7-13(8-6-12)14-9-16(19)17(21-3)10-15(14)18/h5-11,20H,4H2,1-3H3. The van der Waals surface area contributed by atoms with Gasteiger partial charge in [0.05, 0.1) is 17.2 Å². The van der Waals surface area contributed by atoms with E-state index in [0.717, 1.165) is 17.7 Å². The van der Waals surface area contributed by atoms with Crippen LogP contribution < -0.4 is 10.1 Å². The van der Waals surface area contributed by atoms with E-state index in [1.165, 1.54) is 5.56 Å². The first-order valence-electron chi connectivity index (χ1n) is 6.93. The fraction of sp³-hybridized carbons (Fsp3) is 0.294. The van der Waals surface area contributed by atoms with Crippen LogP contribution in [0.25, 0.3) is 11.1 Å². The Labute approximate surface area is 136 Å². The molecule has 0 aliphatic rings. The van der Waals surface area contributed by atoms with E-state index < -0.39 is 0 Å². The number of benzene rings is 2. The molecule has 2 aromatic carbocycles. The molecule has 0 fully saturated rings. The third kappa shape index (κ3) is 3.70. The van der Waals surface area contributed by atoms with Crippen LogP contribution in [0.5, 0.6) is 5.75 Å². The van der Waals surface area contributed by atoms with Crippen LogP contribution in [-0.2, 0) is 0 Å². The van der Waals surface area contributed by atoms with Gasteiger partial charge in [-0.15, -0.1) is 0 Å². The molecule has 1 atom stereocenters. The van der Waals surface area contributed by atoms with Crippen molar-refractivity contribution in [3.63, 3.8) is 0 Å². The summed E-state index contributed by atoms with van der Waals surface area (Å²) < 4.78 is 5.17. The summed E-state index contributed by atoms with van der Waals surface area (Å²) in [6.45, 7) is 5.20. The van der Waals surface area contributed by atoms with E-state index in [4.69, 9.17) is 27.9 Å². The highest BCUT2D eigenvalue weighted by atomic mass is 35.5. The molecule has 2 aromatic rings. The van der Waals surface area contributed by atoms with Gasteiger partial charge in [0.2, 0.25) is 0 Å². The highest BCUT2D eigenvalue weighted by Crippen LogP contribution is 2.36. The molecule has 0 aliphatic heterocycles. The Bertz CT molecular complexity index is 611. The van der Waals surface area contributed by atoms with Gasteiger partial charge in [0.1, 0.15) is 5.75 Å². The van der Waals surface area contributed by atoms with Gasteiger partial charge in [0, 0.05) is 17.7 Å². The molecule has 21 heavy (non-hydrogen) atoms. The number of rotatable bonds is 5. The van der Waals surface area contributed by atoms with Crippen molar-refractivity contribution in [3.05, 3.63) is 52.0 Å². The molecule has 0 spiro atoms. The van der Waals surface area contributed by atoms with Crippen LogP contribution >= 0.6 is 23.2 Å². The maximum absolute atomic E-state index is 6.32. The average Bonchev–Trinajstić information content (AvgIpc) is 2.49. The van der Waals surface area contributed by atoms with E-state index >= 15 is 0 Å². The zero-order valence-electron chi connectivity index (χ0n) is 12.4. The molecule has 2 nitrogen and oxygen atoms in total. The van der Waals surface area contributed by atoms with Crippen LogP contribution in [0.2, 0.25) is 10.0 Å². The van der Waals surface area contributed by atoms with Crippen molar-refractivity contribution in [2.75, 3.05) is 13.7 Å². The molecule has 0 saturated carbocycles. The summed E-state index contributed by atoms with van der Waals surface area (Å²) in [5.41, 5.74) is 3.19. The lowest BCUT2D eigenvalue weighted by Crippen LogP contribution is -2.17. The summed E-state index contributed by atoms with van der Waals surface area (Å²) in [6.07, 6.45) is 0. The molecule has 0 bridgehead atoms. The summed E-state index contributed by atoms with van der Waals surface area (Å²) in [4.78, 5) is 0. The molecule has 112 valence electrons. The first-order chi connectivity index (χ1) is 10.1. The van der Waals surface area contributed by atoms with Crippen molar-refractivity contribution in [1.82, 2.24) is 5.32 Å². The lowest BCUT2D eigenvalue weighted by Gasteiger charge is -2.14. The van der Waals surface area contributed by atoms with Crippen molar-refractivity contribution >= 4 is 23.2 Å². The van der Waals surface area contributed by atoms with Crippen LogP contribution in [0.15, 0.2) is 36.4 Å². The summed E-state index contributed by atoms with van der Waals surface area (Å²) >= 11 is 12.5.